The van der Waals surface area contributed by atoms with Crippen molar-refractivity contribution in [1.29, 1.82) is 0 Å². The van der Waals surface area contributed by atoms with E-state index in [2.05, 4.69) is 6.92 Å². The molecular formula is C30H36F6O5. The van der Waals surface area contributed by atoms with Crippen molar-refractivity contribution in [2.45, 2.75) is 109 Å². The number of aliphatic hydroxyl groups is 1. The van der Waals surface area contributed by atoms with Crippen LogP contribution >= 0.6 is 0 Å². The summed E-state index contributed by atoms with van der Waals surface area (Å²) in [6.07, 6.45) is -2.33. The first-order valence-corrected chi connectivity index (χ1v) is 13.7. The summed E-state index contributed by atoms with van der Waals surface area (Å²) in [6, 6.07) is 0. The molecule has 5 atom stereocenters. The largest absolute Gasteiger partial charge is 0.462 e. The first-order chi connectivity index (χ1) is 18.9. The van der Waals surface area contributed by atoms with Crippen molar-refractivity contribution in [2.75, 3.05) is 0 Å². The van der Waals surface area contributed by atoms with Crippen molar-refractivity contribution < 1.29 is 50.5 Å². The maximum absolute atomic E-state index is 13.0. The Hall–Kier alpha value is -2.74. The fourth-order valence-electron chi connectivity index (χ4n) is 6.50. The van der Waals surface area contributed by atoms with E-state index in [1.54, 1.807) is 6.92 Å². The summed E-state index contributed by atoms with van der Waals surface area (Å²) in [5.74, 6) is 1.90. The van der Waals surface area contributed by atoms with Crippen LogP contribution in [0.15, 0.2) is 34.9 Å². The molecule has 0 aromatic rings. The Morgan fingerprint density at radius 2 is 1.63 bits per heavy atom. The van der Waals surface area contributed by atoms with Gasteiger partial charge in [0.05, 0.1) is 0 Å². The number of carbonyl (C=O) groups is 2. The zero-order chi connectivity index (χ0) is 30.8. The first kappa shape index (κ1) is 32.8. The van der Waals surface area contributed by atoms with E-state index in [4.69, 9.17) is 9.47 Å². The van der Waals surface area contributed by atoms with E-state index in [0.717, 1.165) is 36.3 Å². The van der Waals surface area contributed by atoms with Crippen molar-refractivity contribution in [3.05, 3.63) is 34.9 Å². The van der Waals surface area contributed by atoms with Gasteiger partial charge in [-0.15, -0.1) is 0 Å². The quantitative estimate of drug-likeness (QED) is 0.163. The van der Waals surface area contributed by atoms with Crippen LogP contribution in [0.4, 0.5) is 26.3 Å². The van der Waals surface area contributed by atoms with Gasteiger partial charge in [0, 0.05) is 39.5 Å². The van der Waals surface area contributed by atoms with E-state index >= 15 is 0 Å². The molecule has 0 radical (unpaired) electrons. The van der Waals surface area contributed by atoms with Gasteiger partial charge >= 0.3 is 29.9 Å². The summed E-state index contributed by atoms with van der Waals surface area (Å²) in [5.41, 5.74) is -2.31. The molecule has 1 N–H and O–H groups in total. The van der Waals surface area contributed by atoms with Crippen molar-refractivity contribution in [2.24, 2.45) is 17.3 Å². The highest BCUT2D eigenvalue weighted by atomic mass is 19.4. The van der Waals surface area contributed by atoms with Gasteiger partial charge in [0.25, 0.3) is 0 Å². The zero-order valence-corrected chi connectivity index (χ0v) is 23.5. The zero-order valence-electron chi connectivity index (χ0n) is 23.5. The summed E-state index contributed by atoms with van der Waals surface area (Å²) in [5, 5.41) is 9.32. The number of ether oxygens (including phenoxy) is 2. The number of alkyl halides is 6. The standard InChI is InChI=1S/C30H36F6O5/c1-18(7-5-14-28(39,29(31,32)33)30(34,35)36)25-11-12-26-22(8-6-13-27(25,26)4)10-9-21-15-23(40-19(2)37)17-24(16-21)41-20(3)38/h9-11,18,23-24,26,39H,6-8,12-13,15-17H2,1-4H3/t18?,23-,24?,26?,27-/m1/s1. The summed E-state index contributed by atoms with van der Waals surface area (Å²) < 4.78 is 88.6. The summed E-state index contributed by atoms with van der Waals surface area (Å²) in [7, 11) is 0. The number of esters is 2. The third kappa shape index (κ3) is 7.37. The average Bonchev–Trinajstić information content (AvgIpc) is 3.17. The molecule has 0 aliphatic heterocycles. The molecule has 0 spiro atoms. The summed E-state index contributed by atoms with van der Waals surface area (Å²) in [6.45, 7) is 6.44. The molecule has 11 heteroatoms. The number of allylic oxidation sites excluding steroid dienone is 5. The molecule has 2 fully saturated rings. The minimum Gasteiger partial charge on any atom is -0.462 e. The highest BCUT2D eigenvalue weighted by molar-refractivity contribution is 5.67. The number of fused-ring (bicyclic) bond motifs is 1. The molecule has 2 saturated carbocycles. The van der Waals surface area contributed by atoms with Gasteiger partial charge in [-0.1, -0.05) is 54.7 Å². The lowest BCUT2D eigenvalue weighted by Crippen LogP contribution is -2.55. The number of hydrogen-bond acceptors (Lipinski definition) is 5. The predicted molar refractivity (Wildman–Crippen MR) is 138 cm³/mol. The monoisotopic (exact) mass is 590 g/mol. The molecule has 3 unspecified atom stereocenters. The minimum absolute atomic E-state index is 0.109. The van der Waals surface area contributed by atoms with Crippen LogP contribution in [0.25, 0.3) is 0 Å². The lowest BCUT2D eigenvalue weighted by Gasteiger charge is -2.42. The lowest BCUT2D eigenvalue weighted by atomic mass is 9.62. The van der Waals surface area contributed by atoms with Gasteiger partial charge in [-0.25, -0.2) is 0 Å². The first-order valence-electron chi connectivity index (χ1n) is 13.7. The van der Waals surface area contributed by atoms with E-state index in [1.165, 1.54) is 19.4 Å². The SMILES string of the molecule is CC(=O)OC1CC(=CC=C2CCC[C@]3(C)C(C(C)CC#CC(O)(C(F)(F)F)C(F)(F)F)=CCC23)C[C@@H](OC(C)=O)C1. The molecule has 0 heterocycles. The normalized spacial score (nSPS) is 29.7. The van der Waals surface area contributed by atoms with Gasteiger partial charge in [-0.2, -0.15) is 26.3 Å². The Morgan fingerprint density at radius 1 is 1.07 bits per heavy atom. The maximum atomic E-state index is 13.0. The van der Waals surface area contributed by atoms with Crippen LogP contribution in [0.3, 0.4) is 0 Å². The molecule has 41 heavy (non-hydrogen) atoms. The molecule has 5 nitrogen and oxygen atoms in total. The van der Waals surface area contributed by atoms with Gasteiger partial charge in [0.15, 0.2) is 0 Å². The van der Waals surface area contributed by atoms with Gasteiger partial charge in [0.2, 0.25) is 0 Å². The van der Waals surface area contributed by atoms with Crippen LogP contribution in [0.1, 0.15) is 79.1 Å². The summed E-state index contributed by atoms with van der Waals surface area (Å²) >= 11 is 0. The number of hydrogen-bond donors (Lipinski definition) is 1. The number of halogens is 6. The maximum Gasteiger partial charge on any atom is 0.438 e. The van der Waals surface area contributed by atoms with Crippen LogP contribution in [-0.2, 0) is 19.1 Å². The van der Waals surface area contributed by atoms with E-state index in [9.17, 15) is 41.0 Å². The van der Waals surface area contributed by atoms with Crippen LogP contribution in [0.5, 0.6) is 0 Å². The minimum atomic E-state index is -5.97. The Labute approximate surface area is 236 Å². The van der Waals surface area contributed by atoms with Crippen LogP contribution in [0, 0.1) is 29.1 Å². The molecule has 0 bridgehead atoms. The molecule has 0 amide bonds. The Bertz CT molecular complexity index is 1130. The molecular weight excluding hydrogens is 554 g/mol. The molecule has 228 valence electrons. The molecule has 3 aliphatic rings. The highest BCUT2D eigenvalue weighted by Crippen LogP contribution is 2.57. The Balaban J connectivity index is 1.77. The Kier molecular flexibility index (Phi) is 9.78. The predicted octanol–water partition coefficient (Wildman–Crippen LogP) is 6.91. The van der Waals surface area contributed by atoms with Gasteiger partial charge in [0.1, 0.15) is 12.2 Å². The van der Waals surface area contributed by atoms with E-state index in [1.807, 2.05) is 24.1 Å². The molecule has 0 aromatic carbocycles. The van der Waals surface area contributed by atoms with Gasteiger partial charge in [-0.05, 0) is 48.9 Å². The van der Waals surface area contributed by atoms with Crippen molar-refractivity contribution in [1.82, 2.24) is 0 Å². The Morgan fingerprint density at radius 3 is 2.15 bits per heavy atom. The second-order valence-corrected chi connectivity index (χ2v) is 11.5. The van der Waals surface area contributed by atoms with Gasteiger partial charge < -0.3 is 14.6 Å². The second-order valence-electron chi connectivity index (χ2n) is 11.5. The highest BCUT2D eigenvalue weighted by Gasteiger charge is 2.70. The fourth-order valence-corrected chi connectivity index (χ4v) is 6.50. The smallest absolute Gasteiger partial charge is 0.438 e. The van der Waals surface area contributed by atoms with Crippen molar-refractivity contribution in [3.63, 3.8) is 0 Å². The molecule has 0 saturated heterocycles. The average molecular weight is 591 g/mol. The van der Waals surface area contributed by atoms with Gasteiger partial charge in [-0.3, -0.25) is 9.59 Å². The fraction of sp³-hybridized carbons (Fsp3) is 0.667. The van der Waals surface area contributed by atoms with E-state index in [-0.39, 0.29) is 17.8 Å². The topological polar surface area (TPSA) is 72.8 Å². The van der Waals surface area contributed by atoms with E-state index in [0.29, 0.717) is 25.7 Å². The van der Waals surface area contributed by atoms with E-state index < -0.39 is 48.0 Å². The number of carbonyl (C=O) groups excluding carboxylic acids is 2. The lowest BCUT2D eigenvalue weighted by molar-refractivity contribution is -0.343. The molecule has 3 rings (SSSR count). The second kappa shape index (κ2) is 12.2. The van der Waals surface area contributed by atoms with Crippen molar-refractivity contribution >= 4 is 11.9 Å². The molecule has 3 aliphatic carbocycles. The van der Waals surface area contributed by atoms with Crippen molar-refractivity contribution in [3.8, 4) is 11.8 Å². The third-order valence-electron chi connectivity index (χ3n) is 8.34. The van der Waals surface area contributed by atoms with Crippen LogP contribution < -0.4 is 0 Å². The third-order valence-corrected chi connectivity index (χ3v) is 8.34. The number of rotatable bonds is 5. The van der Waals surface area contributed by atoms with Crippen LogP contribution in [-0.4, -0.2) is 47.2 Å². The van der Waals surface area contributed by atoms with Crippen LogP contribution in [0.2, 0.25) is 0 Å². The molecule has 0 aromatic heterocycles. The summed E-state index contributed by atoms with van der Waals surface area (Å²) in [4.78, 5) is 23.0.